The number of nitrogens with zero attached hydrogens (tertiary/aromatic N) is 4. The van der Waals surface area contributed by atoms with Crippen LogP contribution < -0.4 is 49.1 Å². The fraction of sp³-hybridized carbons (Fsp3) is 0.638. The first kappa shape index (κ1) is 128. The SMILES string of the molecule is CCCC(=O)OCN(C(=O)C(CC(=O)[C@H]1CCCCN1C)[C@@H](C)CC)[C@H](C[C@@H](OC(C)=O)c1nc(C(=O)N[C@@H](Cc2ccc(O)cc2)C[C@H](C)C(=O)CNC(=O)OCCSSC[C@H](NC(=O)[C@H](C)NC(=O)[C@@H](N)CCC(=O)C(CCCCN)NC(=O)[C@H](CC(=O)O)CC(=O)C(CCCNC(=N)N)CC(=O)CCOCCOCCCC(=O)CN2CCC[C@H](OCc3cc(C)cc(C(F)(F)F)c3)[C@@H]2c2ccccc2)C(=O)O)cs1)C(C)C. The van der Waals surface area contributed by atoms with Crippen molar-refractivity contribution in [1.82, 2.24) is 51.6 Å². The summed E-state index contributed by atoms with van der Waals surface area (Å²) in [5.41, 5.74) is 19.1. The molecule has 0 spiro atoms. The van der Waals surface area contributed by atoms with Crippen LogP contribution in [0.5, 0.6) is 5.75 Å². The van der Waals surface area contributed by atoms with Crippen molar-refractivity contribution in [2.24, 2.45) is 52.7 Å². The normalized spacial score (nSPS) is 16.8. The maximum absolute atomic E-state index is 15.1. The number of benzene rings is 3. The molecule has 0 aliphatic carbocycles. The Bertz CT molecular complexity index is 5030. The number of amides is 6. The highest BCUT2D eigenvalue weighted by Crippen LogP contribution is 2.39. The van der Waals surface area contributed by atoms with Crippen LogP contribution in [0.3, 0.4) is 0 Å². The Morgan fingerprint density at radius 1 is 0.693 bits per heavy atom. The van der Waals surface area contributed by atoms with E-state index in [1.54, 1.807) is 32.0 Å². The number of esters is 2. The fourth-order valence-electron chi connectivity index (χ4n) is 17.9. The van der Waals surface area contributed by atoms with Crippen LogP contribution in [0.4, 0.5) is 18.0 Å². The number of likely N-dealkylation sites (tertiary alicyclic amines) is 2. The molecule has 3 heterocycles. The van der Waals surface area contributed by atoms with Gasteiger partial charge in [0.25, 0.3) is 5.91 Å². The smallest absolute Gasteiger partial charge is 0.416 e. The molecule has 4 aromatic rings. The van der Waals surface area contributed by atoms with Crippen molar-refractivity contribution in [3.8, 4) is 5.75 Å². The van der Waals surface area contributed by atoms with Crippen molar-refractivity contribution in [2.75, 3.05) is 97.6 Å². The van der Waals surface area contributed by atoms with E-state index >= 15 is 4.79 Å². The van der Waals surface area contributed by atoms with Crippen LogP contribution in [0.2, 0.25) is 0 Å². The number of aromatic hydroxyl groups is 1. The number of carboxylic acids is 2. The van der Waals surface area contributed by atoms with Gasteiger partial charge in [-0.15, -0.1) is 11.3 Å². The number of aliphatic carboxylic acids is 2. The van der Waals surface area contributed by atoms with Gasteiger partial charge in [0.05, 0.1) is 87.7 Å². The molecule has 16 N–H and O–H groups in total. The van der Waals surface area contributed by atoms with Crippen molar-refractivity contribution in [1.29, 1.82) is 5.41 Å². The number of halogens is 3. The summed E-state index contributed by atoms with van der Waals surface area (Å²) in [5.74, 6) is -15.2. The maximum Gasteiger partial charge on any atom is 0.416 e. The number of thiazole rings is 1. The summed E-state index contributed by atoms with van der Waals surface area (Å²) in [6.07, 6.45) is -2.85. The third-order valence-corrected chi connectivity index (χ3v) is 29.7. The van der Waals surface area contributed by atoms with Gasteiger partial charge in [-0.05, 0) is 183 Å². The number of rotatable bonds is 73. The number of ketones is 6. The second-order valence-corrected chi connectivity index (χ2v) is 42.4. The van der Waals surface area contributed by atoms with E-state index in [1.165, 1.54) is 36.3 Å². The van der Waals surface area contributed by atoms with Crippen molar-refractivity contribution >= 4 is 133 Å². The molecule has 3 unspecified atom stereocenters. The number of phenolic OH excluding ortho intramolecular Hbond substituents is 1. The van der Waals surface area contributed by atoms with Gasteiger partial charge in [0.1, 0.15) is 52.5 Å². The molecule has 2 aliphatic heterocycles. The standard InChI is InChI=1S/C105H155F3N14O25S3/c1-11-23-94(133)146-63-122(101(138)80(66(6)12-2)56-89(129)85-29-17-19-40-120(85)10)86(64(3)4)57-92(147-69(9)123)100-119-83(61-148-100)99(137)116-76(52-70-31-33-77(124)34-32-70)50-67(7)90(130)58-114-104(141)144-46-47-149-150-62-84(102(139)140)118-96(134)68(8)115-98(136)81(110)35-36-87(127)82(28-16-18-38-109)117-97(135)74(55-93(131)132)54-88(128)73(26-20-39-113-103(111)112)53-78(125)37-43-143-45-44-142-42-22-27-79(126)59-121-41-21-30-91(95(121)72-24-14-13-15-25-72)145-60-71-48-65(5)49-75(51-71)105(106,107)108/h13-15,24-25,31-34,48-49,51,61,64,66-68,73-74,76,80-82,84-86,91-92,95,124H,11-12,16-23,26-30,35-47,50,52-60,62-63,109-110H2,1-10H3,(H,114,141)(H,115,136)(H,116,137)(H,117,135)(H,118,134)(H,131,132)(H,139,140)(H4,111,112,113)/t66-,67-,68-,73?,74-,76+,80?,81-,82?,84-,85+,86+,91-,92+,95-/m0/s1. The minimum absolute atomic E-state index is 0.00929. The first-order chi connectivity index (χ1) is 71.3. The summed E-state index contributed by atoms with van der Waals surface area (Å²) < 4.78 is 75.7. The van der Waals surface area contributed by atoms with Gasteiger partial charge in [0, 0.05) is 118 Å². The lowest BCUT2D eigenvalue weighted by molar-refractivity contribution is -0.162. The van der Waals surface area contributed by atoms with E-state index in [0.29, 0.717) is 74.6 Å². The largest absolute Gasteiger partial charge is 0.508 e. The topological polar surface area (TPSA) is 586 Å². The van der Waals surface area contributed by atoms with Crippen LogP contribution in [0.25, 0.3) is 0 Å². The number of alkyl carbamates (subject to hydrolysis) is 1. The Labute approximate surface area is 887 Å². The van der Waals surface area contributed by atoms with Gasteiger partial charge in [-0.25, -0.2) is 14.6 Å². The van der Waals surface area contributed by atoms with Gasteiger partial charge in [-0.3, -0.25) is 82.3 Å². The highest BCUT2D eigenvalue weighted by Gasteiger charge is 2.43. The number of guanidine groups is 1. The van der Waals surface area contributed by atoms with Gasteiger partial charge in [-0.1, -0.05) is 130 Å². The zero-order chi connectivity index (χ0) is 111. The highest BCUT2D eigenvalue weighted by molar-refractivity contribution is 8.76. The van der Waals surface area contributed by atoms with E-state index in [4.69, 9.17) is 51.0 Å². The predicted octanol–water partition coefficient (Wildman–Crippen LogP) is 10.9. The summed E-state index contributed by atoms with van der Waals surface area (Å²) in [5, 5.41) is 54.8. The number of carboxylic acid groups (broad SMARTS) is 2. The number of hydrogen-bond acceptors (Lipinski definition) is 32. The molecule has 1 aromatic heterocycles. The number of nitrogens with one attached hydrogen (secondary N) is 7. The zero-order valence-corrected chi connectivity index (χ0v) is 90.2. The number of aromatic nitrogens is 1. The van der Waals surface area contributed by atoms with Crippen molar-refractivity contribution in [2.45, 2.75) is 296 Å². The number of likely N-dealkylation sites (N-methyl/N-ethyl adjacent to an activating group) is 1. The molecule has 2 saturated heterocycles. The number of aryl methyl sites for hydroxylation is 1. The average Bonchev–Trinajstić information content (AvgIpc) is 0.870. The third kappa shape index (κ3) is 46.7. The van der Waals surface area contributed by atoms with Crippen LogP contribution in [-0.2, 0) is 115 Å². The Morgan fingerprint density at radius 3 is 2.07 bits per heavy atom. The highest BCUT2D eigenvalue weighted by atomic mass is 33.1. The van der Waals surface area contributed by atoms with Crippen LogP contribution in [0.1, 0.15) is 265 Å². The second-order valence-electron chi connectivity index (χ2n) is 38.9. The predicted molar refractivity (Wildman–Crippen MR) is 559 cm³/mol. The molecule has 150 heavy (non-hydrogen) atoms. The van der Waals surface area contributed by atoms with Gasteiger partial charge >= 0.3 is 36.1 Å². The minimum Gasteiger partial charge on any atom is -0.508 e. The summed E-state index contributed by atoms with van der Waals surface area (Å²) in [6, 6.07) is 11.9. The second kappa shape index (κ2) is 67.5. The number of carbonyl (C=O) groups excluding carboxylic acids is 14. The molecule has 2 fully saturated rings. The fourth-order valence-corrected chi connectivity index (χ4v) is 20.7. The molecule has 3 aromatic carbocycles. The Morgan fingerprint density at radius 2 is 1.41 bits per heavy atom. The van der Waals surface area contributed by atoms with E-state index in [2.05, 4.69) is 36.9 Å². The van der Waals surface area contributed by atoms with E-state index < -0.39 is 187 Å². The number of unbranched alkanes of at least 4 members (excludes halogenated alkanes) is 1. The first-order valence-electron chi connectivity index (χ1n) is 51.6. The minimum atomic E-state index is -4.51. The molecule has 2 aliphatic rings. The van der Waals surface area contributed by atoms with Crippen molar-refractivity contribution in [3.63, 3.8) is 0 Å². The molecule has 45 heteroatoms. The van der Waals surface area contributed by atoms with Gasteiger partial charge in [0.15, 0.2) is 36.1 Å². The molecular weight excluding hydrogens is 2010 g/mol. The van der Waals surface area contributed by atoms with Gasteiger partial charge < -0.3 is 97.7 Å². The molecule has 0 bridgehead atoms. The van der Waals surface area contributed by atoms with Crippen LogP contribution in [-0.4, -0.2) is 281 Å². The lowest BCUT2D eigenvalue weighted by atomic mass is 9.82. The van der Waals surface area contributed by atoms with Gasteiger partial charge in [0.2, 0.25) is 23.6 Å². The van der Waals surface area contributed by atoms with Crippen LogP contribution in [0, 0.1) is 47.8 Å². The molecule has 39 nitrogen and oxygen atoms in total. The van der Waals surface area contributed by atoms with E-state index in [1.807, 2.05) is 81.8 Å². The zero-order valence-electron chi connectivity index (χ0n) is 87.7. The summed E-state index contributed by atoms with van der Waals surface area (Å²) in [7, 11) is 4.00. The van der Waals surface area contributed by atoms with Crippen molar-refractivity contribution in [3.05, 3.63) is 117 Å². The van der Waals surface area contributed by atoms with Crippen molar-refractivity contribution < 1.29 is 134 Å². The Balaban J connectivity index is 0.930. The number of Topliss-reactive ketones (excluding diaryl/α,β-unsaturated/α-hetero) is 6. The number of nitrogens with two attached hydrogens (primary N) is 3. The first-order valence-corrected chi connectivity index (χ1v) is 55.0. The Kier molecular flexibility index (Phi) is 57.5. The number of hydrogen-bond donors (Lipinski definition) is 13. The molecule has 15 atom stereocenters. The number of piperidine rings is 2. The lowest BCUT2D eigenvalue weighted by Crippen LogP contribution is -2.54. The summed E-state index contributed by atoms with van der Waals surface area (Å²) in [6.45, 7) is 16.1. The number of carbonyl (C=O) groups is 16. The molecule has 6 rings (SSSR count). The van der Waals surface area contributed by atoms with E-state index in [0.717, 1.165) is 70.0 Å². The molecular formula is C105H155F3N14O25S3. The Hall–Kier alpha value is -10.9. The third-order valence-electron chi connectivity index (χ3n) is 26.4. The molecule has 0 saturated carbocycles. The van der Waals surface area contributed by atoms with Crippen LogP contribution in [0.15, 0.2) is 78.2 Å². The molecule has 0 radical (unpaired) electrons. The van der Waals surface area contributed by atoms with E-state index in [-0.39, 0.29) is 217 Å². The molecule has 6 amide bonds. The quantitative estimate of drug-likeness (QED) is 0.00371. The maximum atomic E-state index is 15.1. The van der Waals surface area contributed by atoms with E-state index in [9.17, 15) is 100 Å². The summed E-state index contributed by atoms with van der Waals surface area (Å²) in [4.78, 5) is 227. The lowest BCUT2D eigenvalue weighted by Gasteiger charge is -2.41. The monoisotopic (exact) mass is 2170 g/mol. The summed E-state index contributed by atoms with van der Waals surface area (Å²) >= 11 is 1.04. The number of phenols is 1. The number of alkyl halides is 3. The van der Waals surface area contributed by atoms with Gasteiger partial charge in [-0.2, -0.15) is 13.2 Å². The molecule has 834 valence electrons. The number of ether oxygens (including phenoxy) is 6. The van der Waals surface area contributed by atoms with Crippen LogP contribution >= 0.6 is 32.9 Å². The average molecular weight is 2170 g/mol.